The highest BCUT2D eigenvalue weighted by Crippen LogP contribution is 2.37. The number of nitrogen functional groups attached to an aromatic ring is 1. The maximum atomic E-state index is 11.9. The number of halogens is 1. The number of aromatic nitrogens is 2. The molecule has 1 aromatic carbocycles. The van der Waals surface area contributed by atoms with Gasteiger partial charge in [0.25, 0.3) is 0 Å². The molecule has 0 unspecified atom stereocenters. The van der Waals surface area contributed by atoms with Crippen LogP contribution in [-0.4, -0.2) is 23.0 Å². The Morgan fingerprint density at radius 1 is 1.22 bits per heavy atom. The van der Waals surface area contributed by atoms with Crippen molar-refractivity contribution in [2.24, 2.45) is 5.92 Å². The lowest BCUT2D eigenvalue weighted by Gasteiger charge is -2.17. The number of hydrogen-bond donors (Lipinski definition) is 2. The van der Waals surface area contributed by atoms with E-state index in [1.807, 2.05) is 26.0 Å². The maximum Gasteiger partial charge on any atom is 0.231 e. The number of nitrogens with one attached hydrogen (secondary N) is 1. The third kappa shape index (κ3) is 5.69. The van der Waals surface area contributed by atoms with E-state index in [1.165, 1.54) is 6.20 Å². The highest BCUT2D eigenvalue weighted by atomic mass is 127. The van der Waals surface area contributed by atoms with Crippen LogP contribution in [0.25, 0.3) is 0 Å². The molecule has 146 valence electrons. The fourth-order valence-corrected chi connectivity index (χ4v) is 3.09. The van der Waals surface area contributed by atoms with Gasteiger partial charge < -0.3 is 15.2 Å². The second-order valence-electron chi connectivity index (χ2n) is 6.87. The standard InChI is InChI=1S/C19H25IN4O3/c1-10(2)6-17(25)23-19-22-9-16(18(21)24-19)27-14-8-13(20)15(26-5)7-12(14)11(3)4/h7-11H,6H2,1-5H3,(H3,21,22,23,24,25). The van der Waals surface area contributed by atoms with Gasteiger partial charge in [-0.2, -0.15) is 4.98 Å². The first kappa shape index (κ1) is 21.2. The molecule has 0 saturated carbocycles. The number of anilines is 2. The van der Waals surface area contributed by atoms with Crippen LogP contribution < -0.4 is 20.5 Å². The van der Waals surface area contributed by atoms with Crippen LogP contribution in [-0.2, 0) is 4.79 Å². The molecule has 0 fully saturated rings. The fraction of sp³-hybridized carbons (Fsp3) is 0.421. The van der Waals surface area contributed by atoms with Crippen molar-refractivity contribution in [3.63, 3.8) is 0 Å². The molecule has 7 nitrogen and oxygen atoms in total. The summed E-state index contributed by atoms with van der Waals surface area (Å²) >= 11 is 2.19. The Labute approximate surface area is 173 Å². The fourth-order valence-electron chi connectivity index (χ4n) is 2.43. The van der Waals surface area contributed by atoms with Gasteiger partial charge >= 0.3 is 0 Å². The van der Waals surface area contributed by atoms with Gasteiger partial charge in [0, 0.05) is 12.0 Å². The van der Waals surface area contributed by atoms with Gasteiger partial charge in [-0.05, 0) is 46.6 Å². The number of rotatable bonds is 7. The lowest BCUT2D eigenvalue weighted by atomic mass is 10.0. The second-order valence-corrected chi connectivity index (χ2v) is 8.03. The van der Waals surface area contributed by atoms with Gasteiger partial charge in [-0.15, -0.1) is 0 Å². The van der Waals surface area contributed by atoms with E-state index in [4.69, 9.17) is 15.2 Å². The molecule has 8 heteroatoms. The second kappa shape index (κ2) is 9.20. The first-order valence-corrected chi connectivity index (χ1v) is 9.76. The van der Waals surface area contributed by atoms with Gasteiger partial charge in [-0.1, -0.05) is 27.7 Å². The van der Waals surface area contributed by atoms with Gasteiger partial charge in [0.05, 0.1) is 16.9 Å². The first-order valence-electron chi connectivity index (χ1n) is 8.68. The third-order valence-corrected chi connectivity index (χ3v) is 4.60. The van der Waals surface area contributed by atoms with Crippen molar-refractivity contribution in [2.75, 3.05) is 18.2 Å². The minimum Gasteiger partial charge on any atom is -0.496 e. The van der Waals surface area contributed by atoms with Crippen LogP contribution in [0.5, 0.6) is 17.2 Å². The topological polar surface area (TPSA) is 99.4 Å². The highest BCUT2D eigenvalue weighted by molar-refractivity contribution is 14.1. The van der Waals surface area contributed by atoms with Crippen molar-refractivity contribution >= 4 is 40.3 Å². The van der Waals surface area contributed by atoms with E-state index < -0.39 is 0 Å². The minimum atomic E-state index is -0.148. The molecule has 0 bridgehead atoms. The Kier molecular flexibility index (Phi) is 7.23. The molecule has 2 aromatic rings. The molecule has 0 radical (unpaired) electrons. The molecule has 1 aromatic heterocycles. The Bertz CT molecular complexity index is 825. The molecule has 0 saturated heterocycles. The number of ether oxygens (including phenoxy) is 2. The van der Waals surface area contributed by atoms with Crippen molar-refractivity contribution < 1.29 is 14.3 Å². The first-order chi connectivity index (χ1) is 12.7. The predicted octanol–water partition coefficient (Wildman–Crippen LogP) is 4.57. The van der Waals surface area contributed by atoms with Crippen molar-refractivity contribution in [1.82, 2.24) is 9.97 Å². The number of hydrogen-bond acceptors (Lipinski definition) is 6. The van der Waals surface area contributed by atoms with Crippen LogP contribution in [0, 0.1) is 9.49 Å². The zero-order valence-corrected chi connectivity index (χ0v) is 18.3. The Hall–Kier alpha value is -2.10. The summed E-state index contributed by atoms with van der Waals surface area (Å²) in [6.45, 7) is 8.08. The summed E-state index contributed by atoms with van der Waals surface area (Å²) in [6, 6.07) is 3.85. The summed E-state index contributed by atoms with van der Waals surface area (Å²) in [5.74, 6) is 2.44. The number of carbonyl (C=O) groups is 1. The largest absolute Gasteiger partial charge is 0.496 e. The van der Waals surface area contributed by atoms with E-state index in [1.54, 1.807) is 7.11 Å². The molecule has 0 atom stereocenters. The van der Waals surface area contributed by atoms with Crippen molar-refractivity contribution in [3.05, 3.63) is 27.5 Å². The van der Waals surface area contributed by atoms with E-state index in [-0.39, 0.29) is 29.5 Å². The number of benzene rings is 1. The van der Waals surface area contributed by atoms with Gasteiger partial charge in [-0.25, -0.2) is 4.98 Å². The number of carbonyl (C=O) groups excluding carboxylic acids is 1. The van der Waals surface area contributed by atoms with E-state index in [9.17, 15) is 4.79 Å². The van der Waals surface area contributed by atoms with E-state index in [0.717, 1.165) is 14.9 Å². The van der Waals surface area contributed by atoms with Crippen LogP contribution in [0.4, 0.5) is 11.8 Å². The van der Waals surface area contributed by atoms with E-state index in [0.29, 0.717) is 17.9 Å². The Morgan fingerprint density at radius 2 is 1.93 bits per heavy atom. The summed E-state index contributed by atoms with van der Waals surface area (Å²) in [5, 5.41) is 2.64. The molecule has 0 aliphatic rings. The molecule has 27 heavy (non-hydrogen) atoms. The van der Waals surface area contributed by atoms with Crippen LogP contribution in [0.3, 0.4) is 0 Å². The molecule has 0 spiro atoms. The van der Waals surface area contributed by atoms with Gasteiger partial charge in [0.1, 0.15) is 11.5 Å². The van der Waals surface area contributed by atoms with Crippen molar-refractivity contribution in [3.8, 4) is 17.2 Å². The monoisotopic (exact) mass is 484 g/mol. The van der Waals surface area contributed by atoms with Crippen LogP contribution in [0.1, 0.15) is 45.6 Å². The molecular formula is C19H25IN4O3. The quantitative estimate of drug-likeness (QED) is 0.559. The molecule has 1 heterocycles. The summed E-state index contributed by atoms with van der Waals surface area (Å²) in [4.78, 5) is 20.1. The summed E-state index contributed by atoms with van der Waals surface area (Å²) in [5.41, 5.74) is 7.00. The maximum absolute atomic E-state index is 11.9. The van der Waals surface area contributed by atoms with Crippen molar-refractivity contribution in [1.29, 1.82) is 0 Å². The minimum absolute atomic E-state index is 0.148. The van der Waals surface area contributed by atoms with Gasteiger partial charge in [0.15, 0.2) is 11.6 Å². The average molecular weight is 484 g/mol. The normalized spacial score (nSPS) is 11.0. The number of methoxy groups -OCH3 is 1. The Morgan fingerprint density at radius 3 is 2.48 bits per heavy atom. The number of nitrogens with two attached hydrogens (primary N) is 1. The highest BCUT2D eigenvalue weighted by Gasteiger charge is 2.16. The molecule has 2 rings (SSSR count). The molecular weight excluding hydrogens is 459 g/mol. The zero-order valence-electron chi connectivity index (χ0n) is 16.2. The average Bonchev–Trinajstić information content (AvgIpc) is 2.56. The summed E-state index contributed by atoms with van der Waals surface area (Å²) in [6.07, 6.45) is 1.86. The molecule has 1 amide bonds. The smallest absolute Gasteiger partial charge is 0.231 e. The zero-order chi connectivity index (χ0) is 20.1. The van der Waals surface area contributed by atoms with Crippen LogP contribution >= 0.6 is 22.6 Å². The van der Waals surface area contributed by atoms with Gasteiger partial charge in [-0.3, -0.25) is 10.1 Å². The summed E-state index contributed by atoms with van der Waals surface area (Å²) < 4.78 is 12.3. The van der Waals surface area contributed by atoms with Gasteiger partial charge in [0.2, 0.25) is 11.9 Å². The molecule has 0 aliphatic carbocycles. The lowest BCUT2D eigenvalue weighted by Crippen LogP contribution is -2.16. The number of amides is 1. The van der Waals surface area contributed by atoms with Crippen LogP contribution in [0.2, 0.25) is 0 Å². The summed E-state index contributed by atoms with van der Waals surface area (Å²) in [7, 11) is 1.64. The van der Waals surface area contributed by atoms with E-state index in [2.05, 4.69) is 51.7 Å². The predicted molar refractivity (Wildman–Crippen MR) is 114 cm³/mol. The van der Waals surface area contributed by atoms with Crippen molar-refractivity contribution in [2.45, 2.75) is 40.0 Å². The van der Waals surface area contributed by atoms with E-state index >= 15 is 0 Å². The number of nitrogens with zero attached hydrogens (tertiary/aromatic N) is 2. The third-order valence-electron chi connectivity index (χ3n) is 3.75. The molecule has 3 N–H and O–H groups in total. The van der Waals surface area contributed by atoms with Crippen LogP contribution in [0.15, 0.2) is 18.3 Å². The SMILES string of the molecule is COc1cc(C(C)C)c(Oc2cnc(NC(=O)CC(C)C)nc2N)cc1I. The lowest BCUT2D eigenvalue weighted by molar-refractivity contribution is -0.116. The molecule has 0 aliphatic heterocycles. The Balaban J connectivity index is 2.25.